The molecule has 37 heavy (non-hydrogen) atoms. The molecule has 2 amide bonds. The fraction of sp³-hybridized carbons (Fsp3) is 0.393. The van der Waals surface area contributed by atoms with Gasteiger partial charge in [0.15, 0.2) is 5.84 Å². The Hall–Kier alpha value is -3.46. The molecule has 1 aromatic heterocycles. The smallest absolute Gasteiger partial charge is 0.283 e. The number of aliphatic imine (C=N–C) groups is 1. The minimum Gasteiger partial charge on any atom is -0.342 e. The normalized spacial score (nSPS) is 19.0. The van der Waals surface area contributed by atoms with Gasteiger partial charge < -0.3 is 9.47 Å². The number of hydrogen-bond acceptors (Lipinski definition) is 5. The molecular formula is C28H32N6O2S. The van der Waals surface area contributed by atoms with Crippen LogP contribution in [0.4, 0.5) is 0 Å². The molecule has 2 aromatic rings. The Morgan fingerprint density at radius 1 is 1.14 bits per heavy atom. The van der Waals surface area contributed by atoms with E-state index in [0.29, 0.717) is 16.1 Å². The van der Waals surface area contributed by atoms with Crippen molar-refractivity contribution in [3.05, 3.63) is 58.4 Å². The molecule has 0 bridgehead atoms. The van der Waals surface area contributed by atoms with Crippen LogP contribution in [0.2, 0.25) is 0 Å². The molecule has 192 valence electrons. The first-order chi connectivity index (χ1) is 17.7. The van der Waals surface area contributed by atoms with Gasteiger partial charge in [-0.2, -0.15) is 15.1 Å². The maximum Gasteiger partial charge on any atom is 0.283 e. The molecule has 1 N–H and O–H groups in total. The van der Waals surface area contributed by atoms with E-state index in [0.717, 1.165) is 55.0 Å². The minimum absolute atomic E-state index is 0.0194. The highest BCUT2D eigenvalue weighted by atomic mass is 32.2. The molecule has 0 unspecified atom stereocenters. The first kappa shape index (κ1) is 25.2. The van der Waals surface area contributed by atoms with E-state index in [1.165, 1.54) is 22.3 Å². The summed E-state index contributed by atoms with van der Waals surface area (Å²) in [6.45, 7) is 9.95. The van der Waals surface area contributed by atoms with Crippen LogP contribution in [-0.4, -0.2) is 55.4 Å². The zero-order valence-corrected chi connectivity index (χ0v) is 22.6. The molecule has 1 saturated heterocycles. The molecule has 1 fully saturated rings. The van der Waals surface area contributed by atoms with Crippen LogP contribution >= 0.6 is 11.8 Å². The molecule has 8 nitrogen and oxygen atoms in total. The van der Waals surface area contributed by atoms with E-state index < -0.39 is 5.91 Å². The standard InChI is InChI=1S/C28H32N6O2S/c1-17(2)20-8-10-22(11-9-20)33-18(3)14-21(19(33)4)15-23-26(29)34-28(30-27(23)36)37-24(31-34)16-25(35)32-12-6-5-7-13-32/h8-11,14-15,17,29H,5-7,12-13,16H2,1-4H3/b23-15+,29-26?. The molecule has 0 saturated carbocycles. The molecule has 0 aliphatic carbocycles. The van der Waals surface area contributed by atoms with Gasteiger partial charge in [0, 0.05) is 30.2 Å². The third-order valence-corrected chi connectivity index (χ3v) is 8.00. The van der Waals surface area contributed by atoms with Crippen molar-refractivity contribution in [2.24, 2.45) is 10.1 Å². The molecule has 0 spiro atoms. The summed E-state index contributed by atoms with van der Waals surface area (Å²) in [6.07, 6.45) is 5.11. The summed E-state index contributed by atoms with van der Waals surface area (Å²) in [6, 6.07) is 10.5. The zero-order valence-electron chi connectivity index (χ0n) is 21.7. The summed E-state index contributed by atoms with van der Waals surface area (Å²) < 4.78 is 2.15. The predicted molar refractivity (Wildman–Crippen MR) is 149 cm³/mol. The van der Waals surface area contributed by atoms with Crippen LogP contribution < -0.4 is 0 Å². The second-order valence-corrected chi connectivity index (χ2v) is 11.1. The van der Waals surface area contributed by atoms with Crippen LogP contribution in [0.15, 0.2) is 46.0 Å². The Labute approximate surface area is 221 Å². The minimum atomic E-state index is -0.464. The number of fused-ring (bicyclic) bond motifs is 1. The van der Waals surface area contributed by atoms with Gasteiger partial charge in [-0.25, -0.2) is 0 Å². The van der Waals surface area contributed by atoms with Gasteiger partial charge in [-0.15, -0.1) is 0 Å². The lowest BCUT2D eigenvalue weighted by Gasteiger charge is -2.26. The van der Waals surface area contributed by atoms with Crippen molar-refractivity contribution in [1.29, 1.82) is 5.41 Å². The number of aromatic nitrogens is 1. The highest BCUT2D eigenvalue weighted by Gasteiger charge is 2.36. The number of nitrogens with zero attached hydrogens (tertiary/aromatic N) is 5. The Kier molecular flexibility index (Phi) is 6.90. The molecule has 1 aromatic carbocycles. The highest BCUT2D eigenvalue weighted by molar-refractivity contribution is 8.27. The Balaban J connectivity index is 1.38. The predicted octanol–water partition coefficient (Wildman–Crippen LogP) is 5.24. The second-order valence-electron chi connectivity index (χ2n) is 10.0. The van der Waals surface area contributed by atoms with Gasteiger partial charge in [0.1, 0.15) is 5.04 Å². The van der Waals surface area contributed by atoms with Crippen molar-refractivity contribution in [3.63, 3.8) is 0 Å². The van der Waals surface area contributed by atoms with Crippen LogP contribution in [0, 0.1) is 19.3 Å². The second kappa shape index (κ2) is 10.1. The number of nitrogens with one attached hydrogen (secondary N) is 1. The number of benzene rings is 1. The number of piperidine rings is 1. The summed E-state index contributed by atoms with van der Waals surface area (Å²) in [5, 5.41) is 15.5. The van der Waals surface area contributed by atoms with E-state index in [9.17, 15) is 9.59 Å². The van der Waals surface area contributed by atoms with E-state index in [2.05, 4.69) is 52.8 Å². The van der Waals surface area contributed by atoms with Gasteiger partial charge in [-0.1, -0.05) is 26.0 Å². The quantitative estimate of drug-likeness (QED) is 0.550. The Morgan fingerprint density at radius 3 is 2.51 bits per heavy atom. The van der Waals surface area contributed by atoms with Crippen LogP contribution in [0.3, 0.4) is 0 Å². The topological polar surface area (TPSA) is 94.1 Å². The van der Waals surface area contributed by atoms with Gasteiger partial charge in [-0.3, -0.25) is 15.0 Å². The van der Waals surface area contributed by atoms with E-state index in [1.54, 1.807) is 6.08 Å². The van der Waals surface area contributed by atoms with E-state index in [-0.39, 0.29) is 23.7 Å². The highest BCUT2D eigenvalue weighted by Crippen LogP contribution is 2.31. The number of amidine groups is 2. The van der Waals surface area contributed by atoms with E-state index in [1.807, 2.05) is 24.8 Å². The molecule has 0 radical (unpaired) electrons. The maximum atomic E-state index is 12.9. The third-order valence-electron chi connectivity index (χ3n) is 7.10. The Morgan fingerprint density at radius 2 is 1.84 bits per heavy atom. The van der Waals surface area contributed by atoms with E-state index in [4.69, 9.17) is 5.41 Å². The van der Waals surface area contributed by atoms with Gasteiger partial charge in [0.05, 0.1) is 12.0 Å². The van der Waals surface area contributed by atoms with Gasteiger partial charge >= 0.3 is 0 Å². The summed E-state index contributed by atoms with van der Waals surface area (Å²) in [4.78, 5) is 31.7. The SMILES string of the molecule is Cc1cc(/C=C2\C(=N)N3N=C(CC(=O)N4CCCCC4)SC3=NC2=O)c(C)n1-c1ccc(C(C)C)cc1. The van der Waals surface area contributed by atoms with Crippen molar-refractivity contribution < 1.29 is 9.59 Å². The van der Waals surface area contributed by atoms with Crippen molar-refractivity contribution >= 4 is 45.7 Å². The van der Waals surface area contributed by atoms with E-state index >= 15 is 0 Å². The Bertz CT molecular complexity index is 1360. The lowest BCUT2D eigenvalue weighted by atomic mass is 10.0. The number of thioether (sulfide) groups is 1. The summed E-state index contributed by atoms with van der Waals surface area (Å²) in [5.41, 5.74) is 5.39. The fourth-order valence-electron chi connectivity index (χ4n) is 4.98. The van der Waals surface area contributed by atoms with Crippen molar-refractivity contribution in [2.75, 3.05) is 13.1 Å². The summed E-state index contributed by atoms with van der Waals surface area (Å²) in [5.74, 6) is 0.0151. The maximum absolute atomic E-state index is 12.9. The van der Waals surface area contributed by atoms with Crippen molar-refractivity contribution in [2.45, 2.75) is 59.3 Å². The number of carbonyl (C=O) groups is 2. The van der Waals surface area contributed by atoms with Gasteiger partial charge in [0.25, 0.3) is 5.91 Å². The first-order valence-corrected chi connectivity index (χ1v) is 13.6. The first-order valence-electron chi connectivity index (χ1n) is 12.8. The van der Waals surface area contributed by atoms with Crippen LogP contribution in [0.1, 0.15) is 68.0 Å². The number of amides is 2. The molecule has 3 aliphatic heterocycles. The molecule has 5 rings (SSSR count). The molecule has 4 heterocycles. The number of hydrazone groups is 1. The molecular weight excluding hydrogens is 484 g/mol. The van der Waals surface area contributed by atoms with Crippen LogP contribution in [0.5, 0.6) is 0 Å². The van der Waals surface area contributed by atoms with Gasteiger partial charge in [0.2, 0.25) is 11.1 Å². The number of carbonyl (C=O) groups excluding carboxylic acids is 2. The summed E-state index contributed by atoms with van der Waals surface area (Å²) in [7, 11) is 0. The lowest BCUT2D eigenvalue weighted by Crippen LogP contribution is -2.36. The average Bonchev–Trinajstić information content (AvgIpc) is 3.41. The molecule has 3 aliphatic rings. The van der Waals surface area contributed by atoms with Crippen LogP contribution in [0.25, 0.3) is 11.8 Å². The zero-order chi connectivity index (χ0) is 26.3. The van der Waals surface area contributed by atoms with Crippen molar-refractivity contribution in [3.8, 4) is 5.69 Å². The molecule has 0 atom stereocenters. The van der Waals surface area contributed by atoms with Gasteiger partial charge in [-0.05, 0) is 86.2 Å². The number of rotatable bonds is 5. The summed E-state index contributed by atoms with van der Waals surface area (Å²) >= 11 is 1.20. The van der Waals surface area contributed by atoms with Crippen molar-refractivity contribution in [1.82, 2.24) is 14.5 Å². The number of aryl methyl sites for hydroxylation is 1. The average molecular weight is 517 g/mol. The fourth-order valence-corrected chi connectivity index (χ4v) is 5.86. The third kappa shape index (κ3) is 4.92. The number of hydrogen-bond donors (Lipinski definition) is 1. The monoisotopic (exact) mass is 516 g/mol. The lowest BCUT2D eigenvalue weighted by molar-refractivity contribution is -0.130. The van der Waals surface area contributed by atoms with Crippen LogP contribution in [-0.2, 0) is 9.59 Å². The number of likely N-dealkylation sites (tertiary alicyclic amines) is 1. The molecule has 9 heteroatoms. The largest absolute Gasteiger partial charge is 0.342 e.